The number of halogens is 2. The number of rotatable bonds is 8. The second-order valence-electron chi connectivity index (χ2n) is 5.15. The maximum atomic E-state index is 6.24. The molecule has 23 heavy (non-hydrogen) atoms. The maximum absolute atomic E-state index is 6.24. The predicted octanol–water partition coefficient (Wildman–Crippen LogP) is 3.19. The number of aryl methyl sites for hydroxylation is 1. The van der Waals surface area contributed by atoms with Crippen LogP contribution in [0.3, 0.4) is 0 Å². The number of benzene rings is 1. The minimum absolute atomic E-state index is 0.0476. The number of nitrogens with one attached hydrogen (secondary N) is 1. The zero-order valence-corrected chi connectivity index (χ0v) is 15.5. The van der Waals surface area contributed by atoms with Crippen LogP contribution in [0.5, 0.6) is 5.75 Å². The van der Waals surface area contributed by atoms with E-state index in [1.165, 1.54) is 0 Å². The molecule has 2 rings (SSSR count). The zero-order valence-electron chi connectivity index (χ0n) is 13.2. The second kappa shape index (κ2) is 8.73. The molecule has 0 bridgehead atoms. The van der Waals surface area contributed by atoms with E-state index in [2.05, 4.69) is 20.8 Å². The summed E-state index contributed by atoms with van der Waals surface area (Å²) in [6.45, 7) is 5.35. The molecule has 9 heteroatoms. The van der Waals surface area contributed by atoms with Gasteiger partial charge in [-0.25, -0.2) is 4.68 Å². The molecular weight excluding hydrogens is 357 g/mol. The lowest BCUT2D eigenvalue weighted by molar-refractivity contribution is 0.239. The summed E-state index contributed by atoms with van der Waals surface area (Å²) >= 11 is 13.9. The van der Waals surface area contributed by atoms with Gasteiger partial charge < -0.3 is 10.1 Å². The number of hydrogen-bond acceptors (Lipinski definition) is 6. The van der Waals surface area contributed by atoms with Gasteiger partial charge in [-0.2, -0.15) is 0 Å². The molecule has 1 aromatic carbocycles. The van der Waals surface area contributed by atoms with Crippen molar-refractivity contribution in [2.45, 2.75) is 31.7 Å². The molecule has 0 saturated heterocycles. The summed E-state index contributed by atoms with van der Waals surface area (Å²) in [6.07, 6.45) is 0.0476. The number of thioether (sulfide) groups is 1. The summed E-state index contributed by atoms with van der Waals surface area (Å²) in [6, 6.07) is 3.57. The van der Waals surface area contributed by atoms with Crippen LogP contribution in [0.2, 0.25) is 10.0 Å². The van der Waals surface area contributed by atoms with E-state index < -0.39 is 0 Å². The summed E-state index contributed by atoms with van der Waals surface area (Å²) in [4.78, 5) is 0. The van der Waals surface area contributed by atoms with Crippen molar-refractivity contribution in [3.05, 3.63) is 27.7 Å². The Bertz CT molecular complexity index is 650. The molecule has 0 amide bonds. The number of nitrogens with zero attached hydrogens (tertiary/aromatic N) is 4. The van der Waals surface area contributed by atoms with E-state index in [0.29, 0.717) is 22.3 Å². The van der Waals surface area contributed by atoms with Crippen molar-refractivity contribution in [2.24, 2.45) is 7.05 Å². The van der Waals surface area contributed by atoms with Gasteiger partial charge in [-0.3, -0.25) is 0 Å². The summed E-state index contributed by atoms with van der Waals surface area (Å²) in [5.74, 6) is 1.53. The van der Waals surface area contributed by atoms with Crippen LogP contribution in [0, 0.1) is 0 Å². The van der Waals surface area contributed by atoms with Gasteiger partial charge in [0.15, 0.2) is 0 Å². The van der Waals surface area contributed by atoms with E-state index in [1.54, 1.807) is 22.5 Å². The normalized spacial score (nSPS) is 11.2. The van der Waals surface area contributed by atoms with Crippen LogP contribution >= 0.6 is 35.0 Å². The lowest BCUT2D eigenvalue weighted by Gasteiger charge is -2.16. The van der Waals surface area contributed by atoms with Crippen LogP contribution in [0.15, 0.2) is 17.3 Å². The first kappa shape index (κ1) is 18.3. The third-order valence-electron chi connectivity index (χ3n) is 2.85. The molecule has 0 fully saturated rings. The van der Waals surface area contributed by atoms with Crippen LogP contribution in [0.25, 0.3) is 0 Å². The monoisotopic (exact) mass is 375 g/mol. The van der Waals surface area contributed by atoms with Gasteiger partial charge >= 0.3 is 0 Å². The first-order chi connectivity index (χ1) is 11.0. The fourth-order valence-electron chi connectivity index (χ4n) is 1.89. The van der Waals surface area contributed by atoms with Gasteiger partial charge in [0.1, 0.15) is 5.75 Å². The van der Waals surface area contributed by atoms with Crippen LogP contribution in [0.4, 0.5) is 0 Å². The van der Waals surface area contributed by atoms with Crippen molar-refractivity contribution < 1.29 is 4.74 Å². The highest BCUT2D eigenvalue weighted by Gasteiger charge is 2.12. The molecule has 1 aromatic heterocycles. The smallest absolute Gasteiger partial charge is 0.209 e. The van der Waals surface area contributed by atoms with Crippen molar-refractivity contribution in [1.82, 2.24) is 25.5 Å². The Morgan fingerprint density at radius 1 is 1.35 bits per heavy atom. The van der Waals surface area contributed by atoms with Crippen LogP contribution in [-0.4, -0.2) is 38.6 Å². The van der Waals surface area contributed by atoms with Gasteiger partial charge in [-0.05, 0) is 36.4 Å². The van der Waals surface area contributed by atoms with Gasteiger partial charge in [0.25, 0.3) is 0 Å². The number of ether oxygens (including phenoxy) is 1. The average molecular weight is 376 g/mol. The molecule has 0 unspecified atom stereocenters. The van der Waals surface area contributed by atoms with E-state index in [4.69, 9.17) is 27.9 Å². The Kier molecular flexibility index (Phi) is 6.95. The molecule has 1 N–H and O–H groups in total. The Hall–Kier alpha value is -1.02. The van der Waals surface area contributed by atoms with Crippen LogP contribution < -0.4 is 10.1 Å². The highest BCUT2D eigenvalue weighted by atomic mass is 35.5. The average Bonchev–Trinajstić information content (AvgIpc) is 2.87. The summed E-state index contributed by atoms with van der Waals surface area (Å²) in [7, 11) is 1.82. The fraction of sp³-hybridized carbons (Fsp3) is 0.500. The van der Waals surface area contributed by atoms with Crippen molar-refractivity contribution in [2.75, 3.05) is 12.3 Å². The highest BCUT2D eigenvalue weighted by Crippen LogP contribution is 2.33. The summed E-state index contributed by atoms with van der Waals surface area (Å²) in [5.41, 5.74) is 0.946. The summed E-state index contributed by atoms with van der Waals surface area (Å²) < 4.78 is 7.45. The molecule has 0 aliphatic carbocycles. The van der Waals surface area contributed by atoms with E-state index in [1.807, 2.05) is 27.0 Å². The first-order valence-electron chi connectivity index (χ1n) is 7.18. The number of aromatic nitrogens is 4. The quantitative estimate of drug-likeness (QED) is 0.564. The van der Waals surface area contributed by atoms with Crippen molar-refractivity contribution >= 4 is 35.0 Å². The fourth-order valence-corrected chi connectivity index (χ4v) is 3.22. The SMILES string of the molecule is CC(C)Oc1c(Cl)cc(Cl)cc1CNCCSc1nnnn1C. The van der Waals surface area contributed by atoms with Crippen molar-refractivity contribution in [3.63, 3.8) is 0 Å². The third kappa shape index (κ3) is 5.53. The lowest BCUT2D eigenvalue weighted by atomic mass is 10.2. The first-order valence-corrected chi connectivity index (χ1v) is 8.92. The molecule has 0 spiro atoms. The molecule has 0 aliphatic rings. The Morgan fingerprint density at radius 2 is 2.13 bits per heavy atom. The van der Waals surface area contributed by atoms with Gasteiger partial charge in [-0.15, -0.1) is 5.10 Å². The van der Waals surface area contributed by atoms with Crippen LogP contribution in [-0.2, 0) is 13.6 Å². The van der Waals surface area contributed by atoms with Gasteiger partial charge in [0.05, 0.1) is 11.1 Å². The van der Waals surface area contributed by atoms with Crippen molar-refractivity contribution in [1.29, 1.82) is 0 Å². The van der Waals surface area contributed by atoms with E-state index in [9.17, 15) is 0 Å². The molecule has 2 aromatic rings. The van der Waals surface area contributed by atoms with Crippen LogP contribution in [0.1, 0.15) is 19.4 Å². The minimum atomic E-state index is 0.0476. The summed E-state index contributed by atoms with van der Waals surface area (Å²) in [5, 5.41) is 16.6. The maximum Gasteiger partial charge on any atom is 0.209 e. The van der Waals surface area contributed by atoms with E-state index in [-0.39, 0.29) is 6.10 Å². The molecule has 0 saturated carbocycles. The Morgan fingerprint density at radius 3 is 2.78 bits per heavy atom. The molecule has 0 aliphatic heterocycles. The molecule has 1 heterocycles. The van der Waals surface area contributed by atoms with Gasteiger partial charge in [0, 0.05) is 36.5 Å². The highest BCUT2D eigenvalue weighted by molar-refractivity contribution is 7.99. The lowest BCUT2D eigenvalue weighted by Crippen LogP contribution is -2.18. The van der Waals surface area contributed by atoms with Crippen molar-refractivity contribution in [3.8, 4) is 5.75 Å². The number of hydrogen-bond donors (Lipinski definition) is 1. The molecule has 0 atom stereocenters. The molecule has 6 nitrogen and oxygen atoms in total. The number of tetrazole rings is 1. The van der Waals surface area contributed by atoms with Gasteiger partial charge in [0.2, 0.25) is 5.16 Å². The minimum Gasteiger partial charge on any atom is -0.489 e. The van der Waals surface area contributed by atoms with E-state index in [0.717, 1.165) is 23.0 Å². The molecular formula is C14H19Cl2N5OS. The topological polar surface area (TPSA) is 64.9 Å². The Labute approximate surface area is 149 Å². The zero-order chi connectivity index (χ0) is 16.8. The standard InChI is InChI=1S/C14H19Cl2N5OS/c1-9(2)22-13-10(6-11(15)7-12(13)16)8-17-4-5-23-14-18-19-20-21(14)3/h6-7,9,17H,4-5,8H2,1-3H3. The second-order valence-corrected chi connectivity index (χ2v) is 7.06. The molecule has 0 radical (unpaired) electrons. The third-order valence-corrected chi connectivity index (χ3v) is 4.36. The van der Waals surface area contributed by atoms with E-state index >= 15 is 0 Å². The molecule has 126 valence electrons. The van der Waals surface area contributed by atoms with Gasteiger partial charge in [-0.1, -0.05) is 35.0 Å². The Balaban J connectivity index is 1.88. The largest absolute Gasteiger partial charge is 0.489 e. The predicted molar refractivity (Wildman–Crippen MR) is 93.5 cm³/mol.